The first-order valence-electron chi connectivity index (χ1n) is 5.57. The number of halogens is 1. The number of rotatable bonds is 6. The van der Waals surface area contributed by atoms with Crippen LogP contribution in [0.25, 0.3) is 0 Å². The summed E-state index contributed by atoms with van der Waals surface area (Å²) < 4.78 is 18.0. The molecule has 0 aromatic carbocycles. The van der Waals surface area contributed by atoms with Crippen LogP contribution in [0.4, 0.5) is 4.39 Å². The fourth-order valence-electron chi connectivity index (χ4n) is 1.20. The van der Waals surface area contributed by atoms with Crippen molar-refractivity contribution < 1.29 is 13.9 Å². The number of carbonyl (C=O) groups excluding carboxylic acids is 1. The van der Waals surface area contributed by atoms with Crippen LogP contribution in [-0.2, 0) is 4.74 Å². The number of carbonyl (C=O) groups is 1. The number of hydrogen-bond donors (Lipinski definition) is 1. The molecule has 1 aromatic heterocycles. The van der Waals surface area contributed by atoms with Gasteiger partial charge in [0.1, 0.15) is 0 Å². The van der Waals surface area contributed by atoms with Gasteiger partial charge in [0.15, 0.2) is 0 Å². The van der Waals surface area contributed by atoms with Gasteiger partial charge in [-0.15, -0.1) is 0 Å². The zero-order chi connectivity index (χ0) is 12.7. The minimum atomic E-state index is -0.659. The van der Waals surface area contributed by atoms with Crippen LogP contribution in [0.3, 0.4) is 0 Å². The molecule has 0 aliphatic rings. The van der Waals surface area contributed by atoms with Crippen molar-refractivity contribution in [1.29, 1.82) is 0 Å². The maximum absolute atomic E-state index is 12.7. The lowest BCUT2D eigenvalue weighted by Crippen LogP contribution is -2.27. The monoisotopic (exact) mass is 240 g/mol. The van der Waals surface area contributed by atoms with Crippen molar-refractivity contribution in [3.05, 3.63) is 29.8 Å². The van der Waals surface area contributed by atoms with Gasteiger partial charge >= 0.3 is 0 Å². The maximum Gasteiger partial charge on any atom is 0.251 e. The Morgan fingerprint density at radius 1 is 1.59 bits per heavy atom. The number of aromatic nitrogens is 1. The zero-order valence-corrected chi connectivity index (χ0v) is 10.1. The predicted octanol–water partition coefficient (Wildman–Crippen LogP) is 1.62. The lowest BCUT2D eigenvalue weighted by atomic mass is 10.2. The van der Waals surface area contributed by atoms with Crippen molar-refractivity contribution in [3.63, 3.8) is 0 Å². The highest BCUT2D eigenvalue weighted by Crippen LogP contribution is 1.99. The Morgan fingerprint density at radius 3 is 3.00 bits per heavy atom. The fourth-order valence-corrected chi connectivity index (χ4v) is 1.20. The molecule has 1 aromatic rings. The summed E-state index contributed by atoms with van der Waals surface area (Å²) in [6, 6.07) is 2.57. The third-order valence-electron chi connectivity index (χ3n) is 1.97. The average molecular weight is 240 g/mol. The van der Waals surface area contributed by atoms with Crippen LogP contribution in [0.2, 0.25) is 0 Å². The molecule has 1 N–H and O–H groups in total. The molecular weight excluding hydrogens is 223 g/mol. The first-order valence-corrected chi connectivity index (χ1v) is 5.57. The molecule has 0 spiro atoms. The lowest BCUT2D eigenvalue weighted by molar-refractivity contribution is 0.0885. The van der Waals surface area contributed by atoms with Crippen molar-refractivity contribution in [1.82, 2.24) is 10.3 Å². The van der Waals surface area contributed by atoms with Crippen LogP contribution in [-0.4, -0.2) is 30.6 Å². The van der Waals surface area contributed by atoms with Gasteiger partial charge in [0.2, 0.25) is 5.95 Å². The van der Waals surface area contributed by atoms with Crippen molar-refractivity contribution in [2.75, 3.05) is 19.8 Å². The van der Waals surface area contributed by atoms with Crippen LogP contribution in [0.5, 0.6) is 0 Å². The minimum Gasteiger partial charge on any atom is -0.379 e. The summed E-state index contributed by atoms with van der Waals surface area (Å²) in [5.74, 6) is -0.506. The van der Waals surface area contributed by atoms with E-state index in [-0.39, 0.29) is 11.5 Å². The van der Waals surface area contributed by atoms with E-state index in [1.807, 2.05) is 0 Å². The van der Waals surface area contributed by atoms with Gasteiger partial charge in [-0.2, -0.15) is 4.39 Å². The second-order valence-corrected chi connectivity index (χ2v) is 4.09. The summed E-state index contributed by atoms with van der Waals surface area (Å²) in [4.78, 5) is 14.9. The molecule has 0 bridgehead atoms. The Bertz CT molecular complexity index is 369. The summed E-state index contributed by atoms with van der Waals surface area (Å²) in [5, 5.41) is 2.64. The van der Waals surface area contributed by atoms with Gasteiger partial charge in [-0.1, -0.05) is 13.8 Å². The topological polar surface area (TPSA) is 51.2 Å². The lowest BCUT2D eigenvalue weighted by Gasteiger charge is -2.08. The molecule has 0 saturated heterocycles. The normalized spacial score (nSPS) is 10.6. The minimum absolute atomic E-state index is 0.265. The molecule has 1 amide bonds. The van der Waals surface area contributed by atoms with Gasteiger partial charge in [-0.25, -0.2) is 4.98 Å². The van der Waals surface area contributed by atoms with Gasteiger partial charge in [0.25, 0.3) is 5.91 Å². The Kier molecular flexibility index (Phi) is 5.56. The van der Waals surface area contributed by atoms with Crippen LogP contribution in [0.15, 0.2) is 18.3 Å². The first kappa shape index (κ1) is 13.6. The van der Waals surface area contributed by atoms with E-state index in [0.717, 1.165) is 6.07 Å². The Labute approximate surface area is 100 Å². The van der Waals surface area contributed by atoms with Crippen LogP contribution < -0.4 is 5.32 Å². The Hall–Kier alpha value is -1.49. The third kappa shape index (κ3) is 5.40. The molecule has 0 saturated carbocycles. The molecule has 94 valence electrons. The molecule has 0 radical (unpaired) electrons. The molecule has 0 aliphatic heterocycles. The number of pyridine rings is 1. The molecule has 0 fully saturated rings. The first-order chi connectivity index (χ1) is 8.09. The number of amides is 1. The standard InChI is InChI=1S/C12H17FN2O2/c1-9(2)8-17-6-5-15-12(16)10-3-4-14-11(13)7-10/h3-4,7,9H,5-6,8H2,1-2H3,(H,15,16). The van der Waals surface area contributed by atoms with E-state index in [1.165, 1.54) is 12.3 Å². The molecule has 0 unspecified atom stereocenters. The van der Waals surface area contributed by atoms with Crippen molar-refractivity contribution >= 4 is 5.91 Å². The van der Waals surface area contributed by atoms with E-state index >= 15 is 0 Å². The van der Waals surface area contributed by atoms with E-state index in [4.69, 9.17) is 4.74 Å². The summed E-state index contributed by atoms with van der Waals surface area (Å²) in [6.07, 6.45) is 1.26. The Morgan fingerprint density at radius 2 is 2.35 bits per heavy atom. The van der Waals surface area contributed by atoms with Crippen LogP contribution in [0.1, 0.15) is 24.2 Å². The molecule has 5 heteroatoms. The van der Waals surface area contributed by atoms with Crippen LogP contribution >= 0.6 is 0 Å². The second-order valence-electron chi connectivity index (χ2n) is 4.09. The van der Waals surface area contributed by atoms with Crippen molar-refractivity contribution in [2.45, 2.75) is 13.8 Å². The van der Waals surface area contributed by atoms with Crippen molar-refractivity contribution in [2.24, 2.45) is 5.92 Å². The predicted molar refractivity (Wildman–Crippen MR) is 62.2 cm³/mol. The number of ether oxygens (including phenoxy) is 1. The van der Waals surface area contributed by atoms with Gasteiger partial charge in [-0.05, 0) is 12.0 Å². The zero-order valence-electron chi connectivity index (χ0n) is 10.1. The highest BCUT2D eigenvalue weighted by Gasteiger charge is 2.05. The van der Waals surface area contributed by atoms with Crippen LogP contribution in [0, 0.1) is 11.9 Å². The molecule has 4 nitrogen and oxygen atoms in total. The van der Waals surface area contributed by atoms with Gasteiger partial charge < -0.3 is 10.1 Å². The molecule has 0 aliphatic carbocycles. The average Bonchev–Trinajstić information content (AvgIpc) is 2.28. The maximum atomic E-state index is 12.7. The summed E-state index contributed by atoms with van der Waals surface area (Å²) in [6.45, 7) is 5.64. The van der Waals surface area contributed by atoms with E-state index in [9.17, 15) is 9.18 Å². The molecule has 1 heterocycles. The number of nitrogens with one attached hydrogen (secondary N) is 1. The molecular formula is C12H17FN2O2. The van der Waals surface area contributed by atoms with E-state index < -0.39 is 5.95 Å². The summed E-state index contributed by atoms with van der Waals surface area (Å²) in [5.41, 5.74) is 0.265. The third-order valence-corrected chi connectivity index (χ3v) is 1.97. The van der Waals surface area contributed by atoms with E-state index in [1.54, 1.807) is 0 Å². The highest BCUT2D eigenvalue weighted by molar-refractivity contribution is 5.93. The SMILES string of the molecule is CC(C)COCCNC(=O)c1ccnc(F)c1. The van der Waals surface area contributed by atoms with Gasteiger partial charge in [0, 0.05) is 31.0 Å². The number of nitrogens with zero attached hydrogens (tertiary/aromatic N) is 1. The smallest absolute Gasteiger partial charge is 0.251 e. The van der Waals surface area contributed by atoms with Gasteiger partial charge in [0.05, 0.1) is 6.61 Å². The molecule has 17 heavy (non-hydrogen) atoms. The summed E-state index contributed by atoms with van der Waals surface area (Å²) >= 11 is 0. The number of hydrogen-bond acceptors (Lipinski definition) is 3. The van der Waals surface area contributed by atoms with Gasteiger partial charge in [-0.3, -0.25) is 4.79 Å². The summed E-state index contributed by atoms with van der Waals surface area (Å²) in [7, 11) is 0. The highest BCUT2D eigenvalue weighted by atomic mass is 19.1. The largest absolute Gasteiger partial charge is 0.379 e. The van der Waals surface area contributed by atoms with E-state index in [2.05, 4.69) is 24.1 Å². The Balaban J connectivity index is 2.26. The quantitative estimate of drug-likeness (QED) is 0.607. The fraction of sp³-hybridized carbons (Fsp3) is 0.500. The molecule has 1 rings (SSSR count). The van der Waals surface area contributed by atoms with Crippen molar-refractivity contribution in [3.8, 4) is 0 Å². The second kappa shape index (κ2) is 6.96. The molecule has 0 atom stereocenters. The van der Waals surface area contributed by atoms with E-state index in [0.29, 0.717) is 25.7 Å².